The Kier molecular flexibility index (Phi) is 0.773. The number of aromatic nitrogens is 3. The normalized spacial score (nSPS) is 10.2. The van der Waals surface area contributed by atoms with E-state index in [2.05, 4.69) is 9.97 Å². The van der Waals surface area contributed by atoms with Gasteiger partial charge in [-0.1, -0.05) is 0 Å². The van der Waals surface area contributed by atoms with Crippen molar-refractivity contribution < 1.29 is 4.40 Å². The molecule has 1 N–H and O–H groups in total. The fraction of sp³-hybridized carbons (Fsp3) is 0. The van der Waals surface area contributed by atoms with Crippen molar-refractivity contribution in [2.24, 2.45) is 0 Å². The van der Waals surface area contributed by atoms with Crippen LogP contribution < -0.4 is 4.40 Å². The second-order valence-corrected chi connectivity index (χ2v) is 1.83. The summed E-state index contributed by atoms with van der Waals surface area (Å²) in [4.78, 5) is 6.97. The van der Waals surface area contributed by atoms with Crippen LogP contribution >= 0.6 is 0 Å². The molecule has 0 radical (unpaired) electrons. The van der Waals surface area contributed by atoms with Crippen molar-refractivity contribution in [3.63, 3.8) is 0 Å². The third-order valence-corrected chi connectivity index (χ3v) is 1.25. The first-order chi connectivity index (χ1) is 4.47. The number of fused-ring (bicyclic) bond motifs is 1. The highest BCUT2D eigenvalue weighted by Gasteiger charge is 1.93. The monoisotopic (exact) mass is 120 g/mol. The maximum atomic E-state index is 3.93. The molecular formula is C6H6N3+. The Balaban J connectivity index is 2.95. The highest BCUT2D eigenvalue weighted by molar-refractivity contribution is 5.24. The van der Waals surface area contributed by atoms with Gasteiger partial charge in [-0.15, -0.1) is 4.98 Å². The van der Waals surface area contributed by atoms with E-state index in [1.165, 1.54) is 0 Å². The van der Waals surface area contributed by atoms with Crippen LogP contribution in [0.25, 0.3) is 5.65 Å². The molecule has 0 aliphatic rings. The van der Waals surface area contributed by atoms with E-state index in [4.69, 9.17) is 0 Å². The van der Waals surface area contributed by atoms with E-state index >= 15 is 0 Å². The highest BCUT2D eigenvalue weighted by Crippen LogP contribution is 1.84. The highest BCUT2D eigenvalue weighted by atomic mass is 15.0. The van der Waals surface area contributed by atoms with Gasteiger partial charge in [0.15, 0.2) is 0 Å². The molecule has 9 heavy (non-hydrogen) atoms. The largest absolute Gasteiger partial charge is 0.277 e. The Morgan fingerprint density at radius 2 is 2.56 bits per heavy atom. The summed E-state index contributed by atoms with van der Waals surface area (Å²) < 4.78 is 1.92. The minimum atomic E-state index is 1.06. The van der Waals surface area contributed by atoms with E-state index < -0.39 is 0 Å². The van der Waals surface area contributed by atoms with Crippen LogP contribution in [0.3, 0.4) is 0 Å². The van der Waals surface area contributed by atoms with Crippen molar-refractivity contribution in [3.8, 4) is 0 Å². The van der Waals surface area contributed by atoms with Crippen LogP contribution in [-0.4, -0.2) is 9.97 Å². The molecule has 44 valence electrons. The smallest absolute Gasteiger partial charge is 0.233 e. The number of H-pyrrole nitrogens is 1. The topological polar surface area (TPSA) is 32.8 Å². The predicted molar refractivity (Wildman–Crippen MR) is 31.7 cm³/mol. The number of hydrogen-bond acceptors (Lipinski definition) is 1. The molecule has 2 aromatic rings. The van der Waals surface area contributed by atoms with Crippen LogP contribution in [-0.2, 0) is 0 Å². The second kappa shape index (κ2) is 1.55. The summed E-state index contributed by atoms with van der Waals surface area (Å²) in [6.07, 6.45) is 7.30. The molecule has 0 aromatic carbocycles. The van der Waals surface area contributed by atoms with E-state index in [9.17, 15) is 0 Å². The van der Waals surface area contributed by atoms with Gasteiger partial charge in [0.25, 0.3) is 0 Å². The molecule has 2 heterocycles. The first kappa shape index (κ1) is 4.49. The van der Waals surface area contributed by atoms with Crippen molar-refractivity contribution in [2.45, 2.75) is 0 Å². The third kappa shape index (κ3) is 0.579. The average Bonchev–Trinajstić information content (AvgIpc) is 2.33. The van der Waals surface area contributed by atoms with Gasteiger partial charge in [0.1, 0.15) is 12.4 Å². The van der Waals surface area contributed by atoms with Gasteiger partial charge in [0.2, 0.25) is 12.0 Å². The van der Waals surface area contributed by atoms with Crippen LogP contribution in [0.4, 0.5) is 0 Å². The van der Waals surface area contributed by atoms with E-state index in [0.29, 0.717) is 0 Å². The molecule has 0 aliphatic carbocycles. The van der Waals surface area contributed by atoms with Crippen LogP contribution in [0, 0.1) is 0 Å². The summed E-state index contributed by atoms with van der Waals surface area (Å²) in [5.74, 6) is 0. The van der Waals surface area contributed by atoms with Gasteiger partial charge in [0.05, 0.1) is 6.20 Å². The Morgan fingerprint density at radius 3 is 3.44 bits per heavy atom. The molecule has 2 rings (SSSR count). The van der Waals surface area contributed by atoms with Crippen molar-refractivity contribution in [2.75, 3.05) is 0 Å². The molecule has 0 saturated carbocycles. The first-order valence-corrected chi connectivity index (χ1v) is 2.75. The fourth-order valence-electron chi connectivity index (χ4n) is 0.817. The van der Waals surface area contributed by atoms with E-state index in [1.54, 1.807) is 12.5 Å². The third-order valence-electron chi connectivity index (χ3n) is 1.25. The second-order valence-electron chi connectivity index (χ2n) is 1.83. The van der Waals surface area contributed by atoms with Crippen molar-refractivity contribution in [1.29, 1.82) is 0 Å². The lowest BCUT2D eigenvalue weighted by molar-refractivity contribution is -0.513. The van der Waals surface area contributed by atoms with Crippen LogP contribution in [0.15, 0.2) is 31.0 Å². The van der Waals surface area contributed by atoms with Gasteiger partial charge in [-0.25, -0.2) is 4.40 Å². The first-order valence-electron chi connectivity index (χ1n) is 2.75. The lowest BCUT2D eigenvalue weighted by Gasteiger charge is -1.77. The van der Waals surface area contributed by atoms with E-state index in [-0.39, 0.29) is 0 Å². The Hall–Kier alpha value is -1.38. The lowest BCUT2D eigenvalue weighted by Crippen LogP contribution is -2.17. The number of aromatic amines is 1. The van der Waals surface area contributed by atoms with Crippen LogP contribution in [0.1, 0.15) is 0 Å². The van der Waals surface area contributed by atoms with Gasteiger partial charge < -0.3 is 0 Å². The molecule has 0 saturated heterocycles. The van der Waals surface area contributed by atoms with Gasteiger partial charge in [-0.05, 0) is 0 Å². The molecule has 3 nitrogen and oxygen atoms in total. The quantitative estimate of drug-likeness (QED) is 0.493. The summed E-state index contributed by atoms with van der Waals surface area (Å²) in [5, 5.41) is 0. The Morgan fingerprint density at radius 1 is 1.56 bits per heavy atom. The molecule has 0 unspecified atom stereocenters. The van der Waals surface area contributed by atoms with E-state index in [1.807, 2.05) is 22.9 Å². The summed E-state index contributed by atoms with van der Waals surface area (Å²) in [6, 6.07) is 1.92. The van der Waals surface area contributed by atoms with Crippen molar-refractivity contribution in [3.05, 3.63) is 31.0 Å². The number of imidazole rings is 1. The molecule has 3 heteroatoms. The minimum absolute atomic E-state index is 1.06. The molecule has 0 spiro atoms. The summed E-state index contributed by atoms with van der Waals surface area (Å²) in [5.41, 5.74) is 1.06. The van der Waals surface area contributed by atoms with Crippen molar-refractivity contribution >= 4 is 5.65 Å². The van der Waals surface area contributed by atoms with Crippen molar-refractivity contribution in [1.82, 2.24) is 9.97 Å². The molecule has 0 amide bonds. The standard InChI is InChI=1S/C6H5N3/c1-2-7-5-9-4-3-8-6(1)9/h1-5H/p+1. The SMILES string of the molecule is c1cc2[nH]cc[n+]2cn1. The zero-order valence-electron chi connectivity index (χ0n) is 4.78. The molecule has 2 aromatic heterocycles. The molecular weight excluding hydrogens is 114 g/mol. The zero-order valence-corrected chi connectivity index (χ0v) is 4.78. The summed E-state index contributed by atoms with van der Waals surface area (Å²) in [6.45, 7) is 0. The van der Waals surface area contributed by atoms with E-state index in [0.717, 1.165) is 5.65 Å². The Bertz CT molecular complexity index is 282. The maximum Gasteiger partial charge on any atom is 0.233 e. The number of nitrogens with zero attached hydrogens (tertiary/aromatic N) is 2. The molecule has 0 bridgehead atoms. The maximum absolute atomic E-state index is 3.93. The minimum Gasteiger partial charge on any atom is -0.277 e. The lowest BCUT2D eigenvalue weighted by atomic mass is 10.6. The Labute approximate surface area is 52.0 Å². The van der Waals surface area contributed by atoms with Gasteiger partial charge >= 0.3 is 0 Å². The fourth-order valence-corrected chi connectivity index (χ4v) is 0.817. The predicted octanol–water partition coefficient (Wildman–Crippen LogP) is 0.148. The number of hydrogen-bond donors (Lipinski definition) is 1. The van der Waals surface area contributed by atoms with Gasteiger partial charge in [-0.3, -0.25) is 4.98 Å². The number of nitrogens with one attached hydrogen (secondary N) is 1. The summed E-state index contributed by atoms with van der Waals surface area (Å²) >= 11 is 0. The van der Waals surface area contributed by atoms with Gasteiger partial charge in [-0.2, -0.15) is 0 Å². The molecule has 0 fully saturated rings. The average molecular weight is 120 g/mol. The zero-order chi connectivity index (χ0) is 6.10. The van der Waals surface area contributed by atoms with Crippen LogP contribution in [0.2, 0.25) is 0 Å². The summed E-state index contributed by atoms with van der Waals surface area (Å²) in [7, 11) is 0. The van der Waals surface area contributed by atoms with Crippen LogP contribution in [0.5, 0.6) is 0 Å². The van der Waals surface area contributed by atoms with Gasteiger partial charge in [0, 0.05) is 6.07 Å². The molecule has 0 atom stereocenters. The molecule has 0 aliphatic heterocycles. The number of rotatable bonds is 0.